The number of carbonyl (C=O) groups is 1. The van der Waals surface area contributed by atoms with Crippen LogP contribution >= 0.6 is 0 Å². The van der Waals surface area contributed by atoms with Gasteiger partial charge in [-0.25, -0.2) is 0 Å². The van der Waals surface area contributed by atoms with Crippen molar-refractivity contribution >= 4 is 11.7 Å². The number of hydrogen-bond donors (Lipinski definition) is 3. The summed E-state index contributed by atoms with van der Waals surface area (Å²) >= 11 is 0. The van der Waals surface area contributed by atoms with Crippen LogP contribution in [0.1, 0.15) is 16.2 Å². The van der Waals surface area contributed by atoms with Crippen molar-refractivity contribution in [3.63, 3.8) is 0 Å². The zero-order chi connectivity index (χ0) is 12.0. The molecule has 4 N–H and O–H groups in total. The number of carbonyl (C=O) groups excluding carboxylic acids is 1. The Labute approximate surface area is 91.0 Å². The molecule has 0 aliphatic rings. The second kappa shape index (κ2) is 5.71. The molecule has 0 aliphatic carbocycles. The summed E-state index contributed by atoms with van der Waals surface area (Å²) in [7, 11) is 1.50. The number of aromatic nitrogens is 1. The molecular weight excluding hydrogens is 216 g/mol. The fourth-order valence-electron chi connectivity index (χ4n) is 0.927. The Balaban J connectivity index is 2.52. The first-order valence-electron chi connectivity index (χ1n) is 4.36. The number of oxime groups is 1. The first kappa shape index (κ1) is 12.0. The van der Waals surface area contributed by atoms with Gasteiger partial charge in [-0.1, -0.05) is 10.3 Å². The summed E-state index contributed by atoms with van der Waals surface area (Å²) in [6.07, 6.45) is 0. The molecule has 0 saturated carbocycles. The van der Waals surface area contributed by atoms with Crippen LogP contribution in [0, 0.1) is 0 Å². The molecule has 0 atom stereocenters. The molecule has 88 valence electrons. The van der Waals surface area contributed by atoms with E-state index in [1.54, 1.807) is 0 Å². The minimum absolute atomic E-state index is 0.0677. The molecule has 0 saturated heterocycles. The van der Waals surface area contributed by atoms with E-state index in [-0.39, 0.29) is 24.7 Å². The molecule has 1 heterocycles. The molecule has 0 unspecified atom stereocenters. The highest BCUT2D eigenvalue weighted by atomic mass is 16.5. The van der Waals surface area contributed by atoms with E-state index in [1.807, 2.05) is 0 Å². The van der Waals surface area contributed by atoms with Crippen molar-refractivity contribution in [1.29, 1.82) is 0 Å². The molecule has 0 fully saturated rings. The number of nitrogens with zero attached hydrogens (tertiary/aromatic N) is 2. The molecule has 0 radical (unpaired) electrons. The largest absolute Gasteiger partial charge is 0.409 e. The fraction of sp³-hybridized carbons (Fsp3) is 0.375. The van der Waals surface area contributed by atoms with Gasteiger partial charge in [0.25, 0.3) is 5.91 Å². The molecule has 0 spiro atoms. The Morgan fingerprint density at radius 2 is 2.56 bits per heavy atom. The van der Waals surface area contributed by atoms with Crippen LogP contribution in [0.5, 0.6) is 0 Å². The Kier molecular flexibility index (Phi) is 4.28. The van der Waals surface area contributed by atoms with Crippen LogP contribution in [-0.4, -0.2) is 35.8 Å². The lowest BCUT2D eigenvalue weighted by atomic mass is 10.3. The second-order valence-corrected chi connectivity index (χ2v) is 2.89. The molecule has 1 rings (SSSR count). The third kappa shape index (κ3) is 3.24. The number of methoxy groups -OCH3 is 1. The van der Waals surface area contributed by atoms with E-state index in [4.69, 9.17) is 20.2 Å². The highest BCUT2D eigenvalue weighted by molar-refractivity contribution is 5.95. The van der Waals surface area contributed by atoms with Crippen molar-refractivity contribution in [2.45, 2.75) is 6.61 Å². The standard InChI is InChI=1S/C8H12N4O4/c1-15-4-5-2-6(12-16-5)8(13)10-3-7(9)11-14/h2,14H,3-4H2,1H3,(H2,9,11)(H,10,13). The van der Waals surface area contributed by atoms with E-state index in [0.717, 1.165) is 0 Å². The lowest BCUT2D eigenvalue weighted by molar-refractivity contribution is 0.0949. The maximum Gasteiger partial charge on any atom is 0.273 e. The summed E-state index contributed by atoms with van der Waals surface area (Å²) in [4.78, 5) is 11.4. The number of rotatable bonds is 5. The number of nitrogens with two attached hydrogens (primary N) is 1. The van der Waals surface area contributed by atoms with Crippen molar-refractivity contribution in [3.05, 3.63) is 17.5 Å². The van der Waals surface area contributed by atoms with Crippen molar-refractivity contribution in [1.82, 2.24) is 10.5 Å². The van der Waals surface area contributed by atoms with E-state index in [2.05, 4.69) is 15.6 Å². The Bertz CT molecular complexity index is 387. The van der Waals surface area contributed by atoms with Crippen LogP contribution in [0.3, 0.4) is 0 Å². The van der Waals surface area contributed by atoms with Gasteiger partial charge in [-0.05, 0) is 0 Å². The Morgan fingerprint density at radius 1 is 1.81 bits per heavy atom. The lowest BCUT2D eigenvalue weighted by Gasteiger charge is -1.99. The summed E-state index contributed by atoms with van der Waals surface area (Å²) < 4.78 is 9.61. The summed E-state index contributed by atoms with van der Waals surface area (Å²) in [5, 5.41) is 16.9. The van der Waals surface area contributed by atoms with Crippen molar-refractivity contribution in [2.24, 2.45) is 10.9 Å². The van der Waals surface area contributed by atoms with E-state index in [9.17, 15) is 4.79 Å². The molecule has 8 nitrogen and oxygen atoms in total. The van der Waals surface area contributed by atoms with Crippen LogP contribution < -0.4 is 11.1 Å². The first-order valence-corrected chi connectivity index (χ1v) is 4.36. The van der Waals surface area contributed by atoms with Gasteiger partial charge in [0.05, 0.1) is 6.54 Å². The lowest BCUT2D eigenvalue weighted by Crippen LogP contribution is -2.33. The quantitative estimate of drug-likeness (QED) is 0.265. The third-order valence-electron chi connectivity index (χ3n) is 1.64. The first-order chi connectivity index (χ1) is 7.67. The van der Waals surface area contributed by atoms with Gasteiger partial charge in [0, 0.05) is 13.2 Å². The Hall–Kier alpha value is -2.09. The molecule has 16 heavy (non-hydrogen) atoms. The number of hydrogen-bond acceptors (Lipinski definition) is 6. The van der Waals surface area contributed by atoms with Crippen LogP contribution in [0.25, 0.3) is 0 Å². The Morgan fingerprint density at radius 3 is 3.19 bits per heavy atom. The molecule has 8 heteroatoms. The SMILES string of the molecule is COCc1cc(C(=O)NCC(N)=NO)no1. The second-order valence-electron chi connectivity index (χ2n) is 2.89. The molecule has 0 aliphatic heterocycles. The molecule has 0 aromatic carbocycles. The van der Waals surface area contributed by atoms with Gasteiger partial charge in [-0.2, -0.15) is 0 Å². The van der Waals surface area contributed by atoms with E-state index >= 15 is 0 Å². The monoisotopic (exact) mass is 228 g/mol. The van der Waals surface area contributed by atoms with Crippen LogP contribution in [0.2, 0.25) is 0 Å². The van der Waals surface area contributed by atoms with E-state index < -0.39 is 5.91 Å². The maximum atomic E-state index is 11.4. The van der Waals surface area contributed by atoms with Crippen LogP contribution in [-0.2, 0) is 11.3 Å². The molecule has 0 bridgehead atoms. The highest BCUT2D eigenvalue weighted by Gasteiger charge is 2.12. The van der Waals surface area contributed by atoms with Gasteiger partial charge in [0.2, 0.25) is 0 Å². The molecule has 1 aromatic rings. The fourth-order valence-corrected chi connectivity index (χ4v) is 0.927. The van der Waals surface area contributed by atoms with E-state index in [1.165, 1.54) is 13.2 Å². The minimum atomic E-state index is -0.474. The summed E-state index contributed by atoms with van der Waals surface area (Å²) in [6, 6.07) is 1.45. The smallest absolute Gasteiger partial charge is 0.273 e. The summed E-state index contributed by atoms with van der Waals surface area (Å²) in [5.74, 6) is -0.136. The summed E-state index contributed by atoms with van der Waals surface area (Å²) in [5.41, 5.74) is 5.28. The minimum Gasteiger partial charge on any atom is -0.409 e. The van der Waals surface area contributed by atoms with Gasteiger partial charge >= 0.3 is 0 Å². The zero-order valence-corrected chi connectivity index (χ0v) is 8.64. The highest BCUT2D eigenvalue weighted by Crippen LogP contribution is 2.04. The number of amides is 1. The van der Waals surface area contributed by atoms with Crippen molar-refractivity contribution in [2.75, 3.05) is 13.7 Å². The average Bonchev–Trinajstić information content (AvgIpc) is 2.74. The molecule has 1 aromatic heterocycles. The number of amidine groups is 1. The van der Waals surface area contributed by atoms with Crippen LogP contribution in [0.4, 0.5) is 0 Å². The molecular formula is C8H12N4O4. The van der Waals surface area contributed by atoms with Gasteiger partial charge in [0.15, 0.2) is 17.3 Å². The molecule has 1 amide bonds. The van der Waals surface area contributed by atoms with Gasteiger partial charge in [0.1, 0.15) is 6.61 Å². The normalized spacial score (nSPS) is 11.4. The maximum absolute atomic E-state index is 11.4. The van der Waals surface area contributed by atoms with Crippen molar-refractivity contribution in [3.8, 4) is 0 Å². The number of ether oxygens (including phenoxy) is 1. The van der Waals surface area contributed by atoms with Crippen LogP contribution in [0.15, 0.2) is 15.7 Å². The number of nitrogens with one attached hydrogen (secondary N) is 1. The van der Waals surface area contributed by atoms with Gasteiger partial charge < -0.3 is 25.5 Å². The van der Waals surface area contributed by atoms with Gasteiger partial charge in [-0.3, -0.25) is 4.79 Å². The topological polar surface area (TPSA) is 123 Å². The van der Waals surface area contributed by atoms with Gasteiger partial charge in [-0.15, -0.1) is 0 Å². The third-order valence-corrected chi connectivity index (χ3v) is 1.64. The predicted molar refractivity (Wildman–Crippen MR) is 53.0 cm³/mol. The zero-order valence-electron chi connectivity index (χ0n) is 8.64. The average molecular weight is 228 g/mol. The summed E-state index contributed by atoms with van der Waals surface area (Å²) in [6.45, 7) is 0.169. The predicted octanol–water partition coefficient (Wildman–Crippen LogP) is -0.703. The van der Waals surface area contributed by atoms with E-state index in [0.29, 0.717) is 5.76 Å². The van der Waals surface area contributed by atoms with Crippen molar-refractivity contribution < 1.29 is 19.3 Å².